The standard InChI is InChI=1S/C17H21N3/c1-3-4-17(19)16-7-8-20(12-16)11-15-6-5-14(10-18)9-13(15)2/h5-9,12,17H,3-4,11,19H2,1-2H3. The van der Waals surface area contributed by atoms with Gasteiger partial charge in [-0.05, 0) is 48.2 Å². The van der Waals surface area contributed by atoms with Crippen molar-refractivity contribution >= 4 is 0 Å². The van der Waals surface area contributed by atoms with E-state index >= 15 is 0 Å². The molecule has 0 bridgehead atoms. The van der Waals surface area contributed by atoms with Crippen molar-refractivity contribution < 1.29 is 0 Å². The fourth-order valence-electron chi connectivity index (χ4n) is 2.39. The predicted octanol–water partition coefficient (Wildman–Crippen LogP) is 3.52. The largest absolute Gasteiger partial charge is 0.350 e. The van der Waals surface area contributed by atoms with Crippen molar-refractivity contribution in [1.82, 2.24) is 4.57 Å². The molecule has 0 fully saturated rings. The van der Waals surface area contributed by atoms with Gasteiger partial charge in [0.1, 0.15) is 0 Å². The molecule has 2 aromatic rings. The average Bonchev–Trinajstić information content (AvgIpc) is 2.90. The maximum Gasteiger partial charge on any atom is 0.0991 e. The normalized spacial score (nSPS) is 12.1. The van der Waals surface area contributed by atoms with Crippen molar-refractivity contribution in [2.24, 2.45) is 5.73 Å². The molecular weight excluding hydrogens is 246 g/mol. The van der Waals surface area contributed by atoms with Gasteiger partial charge in [-0.1, -0.05) is 19.4 Å². The molecule has 1 aromatic heterocycles. The maximum atomic E-state index is 8.89. The highest BCUT2D eigenvalue weighted by atomic mass is 14.9. The van der Waals surface area contributed by atoms with E-state index in [-0.39, 0.29) is 6.04 Å². The first-order valence-electron chi connectivity index (χ1n) is 7.05. The Morgan fingerprint density at radius 1 is 1.35 bits per heavy atom. The van der Waals surface area contributed by atoms with E-state index in [1.54, 1.807) is 0 Å². The van der Waals surface area contributed by atoms with Crippen LogP contribution in [0.2, 0.25) is 0 Å². The van der Waals surface area contributed by atoms with E-state index in [0.717, 1.165) is 24.9 Å². The van der Waals surface area contributed by atoms with Gasteiger partial charge in [0.05, 0.1) is 11.6 Å². The third kappa shape index (κ3) is 3.28. The number of nitrogens with zero attached hydrogens (tertiary/aromatic N) is 2. The summed E-state index contributed by atoms with van der Waals surface area (Å²) in [6.45, 7) is 5.01. The van der Waals surface area contributed by atoms with Gasteiger partial charge in [-0.15, -0.1) is 0 Å². The van der Waals surface area contributed by atoms with E-state index in [1.165, 1.54) is 11.1 Å². The number of nitriles is 1. The summed E-state index contributed by atoms with van der Waals surface area (Å²) in [4.78, 5) is 0. The summed E-state index contributed by atoms with van der Waals surface area (Å²) in [7, 11) is 0. The molecule has 1 unspecified atom stereocenters. The first kappa shape index (κ1) is 14.4. The van der Waals surface area contributed by atoms with Crippen LogP contribution < -0.4 is 5.73 Å². The van der Waals surface area contributed by atoms with Gasteiger partial charge in [0.2, 0.25) is 0 Å². The lowest BCUT2D eigenvalue weighted by Gasteiger charge is -2.09. The zero-order valence-corrected chi connectivity index (χ0v) is 12.1. The molecule has 1 heterocycles. The van der Waals surface area contributed by atoms with Crippen LogP contribution in [0.4, 0.5) is 0 Å². The van der Waals surface area contributed by atoms with Gasteiger partial charge in [0.25, 0.3) is 0 Å². The quantitative estimate of drug-likeness (QED) is 0.901. The molecule has 1 aromatic carbocycles. The summed E-state index contributed by atoms with van der Waals surface area (Å²) >= 11 is 0. The molecule has 3 nitrogen and oxygen atoms in total. The van der Waals surface area contributed by atoms with Gasteiger partial charge >= 0.3 is 0 Å². The van der Waals surface area contributed by atoms with E-state index in [4.69, 9.17) is 11.0 Å². The van der Waals surface area contributed by atoms with Crippen LogP contribution >= 0.6 is 0 Å². The first-order valence-corrected chi connectivity index (χ1v) is 7.05. The Labute approximate surface area is 120 Å². The average molecular weight is 267 g/mol. The van der Waals surface area contributed by atoms with E-state index in [2.05, 4.69) is 36.0 Å². The molecule has 0 aliphatic heterocycles. The molecule has 0 aliphatic rings. The van der Waals surface area contributed by atoms with Gasteiger partial charge in [0.15, 0.2) is 0 Å². The lowest BCUT2D eigenvalue weighted by molar-refractivity contribution is 0.636. The molecular formula is C17H21N3. The molecule has 0 radical (unpaired) electrons. The fraction of sp³-hybridized carbons (Fsp3) is 0.353. The van der Waals surface area contributed by atoms with Crippen LogP contribution in [0.25, 0.3) is 0 Å². The fourth-order valence-corrected chi connectivity index (χ4v) is 2.39. The van der Waals surface area contributed by atoms with E-state index in [9.17, 15) is 0 Å². The molecule has 20 heavy (non-hydrogen) atoms. The van der Waals surface area contributed by atoms with E-state index in [0.29, 0.717) is 5.56 Å². The maximum absolute atomic E-state index is 8.89. The van der Waals surface area contributed by atoms with E-state index in [1.807, 2.05) is 25.1 Å². The van der Waals surface area contributed by atoms with Crippen LogP contribution in [-0.4, -0.2) is 4.57 Å². The summed E-state index contributed by atoms with van der Waals surface area (Å²) in [6, 6.07) is 10.2. The highest BCUT2D eigenvalue weighted by molar-refractivity contribution is 5.37. The molecule has 0 amide bonds. The van der Waals surface area contributed by atoms with Gasteiger partial charge in [-0.3, -0.25) is 0 Å². The van der Waals surface area contributed by atoms with Crippen LogP contribution in [0.15, 0.2) is 36.7 Å². The molecule has 104 valence electrons. The zero-order valence-electron chi connectivity index (χ0n) is 12.1. The van der Waals surface area contributed by atoms with Crippen molar-refractivity contribution in [3.05, 3.63) is 58.9 Å². The molecule has 0 aliphatic carbocycles. The molecule has 0 saturated carbocycles. The minimum Gasteiger partial charge on any atom is -0.350 e. The van der Waals surface area contributed by atoms with Crippen molar-refractivity contribution in [1.29, 1.82) is 5.26 Å². The monoisotopic (exact) mass is 267 g/mol. The third-order valence-electron chi connectivity index (χ3n) is 3.63. The summed E-state index contributed by atoms with van der Waals surface area (Å²) in [5.41, 5.74) is 10.4. The number of aromatic nitrogens is 1. The number of nitrogens with two attached hydrogens (primary N) is 1. The minimum absolute atomic E-state index is 0.128. The van der Waals surface area contributed by atoms with Gasteiger partial charge in [-0.2, -0.15) is 5.26 Å². The van der Waals surface area contributed by atoms with Gasteiger partial charge in [0, 0.05) is 25.0 Å². The Bertz CT molecular complexity index is 619. The van der Waals surface area contributed by atoms with Gasteiger partial charge in [-0.25, -0.2) is 0 Å². The van der Waals surface area contributed by atoms with Crippen LogP contribution in [0.5, 0.6) is 0 Å². The Morgan fingerprint density at radius 3 is 2.80 bits per heavy atom. The van der Waals surface area contributed by atoms with Gasteiger partial charge < -0.3 is 10.3 Å². The first-order chi connectivity index (χ1) is 9.63. The highest BCUT2D eigenvalue weighted by Crippen LogP contribution is 2.18. The summed E-state index contributed by atoms with van der Waals surface area (Å²) in [5, 5.41) is 8.89. The summed E-state index contributed by atoms with van der Waals surface area (Å²) < 4.78 is 2.15. The second kappa shape index (κ2) is 6.40. The minimum atomic E-state index is 0.128. The lowest BCUT2D eigenvalue weighted by atomic mass is 10.1. The molecule has 1 atom stereocenters. The van der Waals surface area contributed by atoms with Crippen molar-refractivity contribution in [2.75, 3.05) is 0 Å². The van der Waals surface area contributed by atoms with Crippen LogP contribution in [-0.2, 0) is 6.54 Å². The molecule has 0 spiro atoms. The molecule has 2 N–H and O–H groups in total. The SMILES string of the molecule is CCCC(N)c1ccn(Cc2ccc(C#N)cc2C)c1. The molecule has 3 heteroatoms. The Balaban J connectivity index is 2.13. The zero-order chi connectivity index (χ0) is 14.5. The van der Waals surface area contributed by atoms with Crippen molar-refractivity contribution in [3.63, 3.8) is 0 Å². The topological polar surface area (TPSA) is 54.7 Å². The van der Waals surface area contributed by atoms with Crippen molar-refractivity contribution in [3.8, 4) is 6.07 Å². The molecule has 0 saturated heterocycles. The summed E-state index contributed by atoms with van der Waals surface area (Å²) in [6.07, 6.45) is 6.31. The number of hydrogen-bond acceptors (Lipinski definition) is 2. The Hall–Kier alpha value is -2.05. The van der Waals surface area contributed by atoms with Crippen LogP contribution in [0.1, 0.15) is 48.1 Å². The highest BCUT2D eigenvalue weighted by Gasteiger charge is 2.07. The van der Waals surface area contributed by atoms with Crippen molar-refractivity contribution in [2.45, 2.75) is 39.3 Å². The van der Waals surface area contributed by atoms with E-state index < -0.39 is 0 Å². The number of benzene rings is 1. The predicted molar refractivity (Wildman–Crippen MR) is 81.3 cm³/mol. The second-order valence-electron chi connectivity index (χ2n) is 5.27. The lowest BCUT2D eigenvalue weighted by Crippen LogP contribution is -2.08. The third-order valence-corrected chi connectivity index (χ3v) is 3.63. The summed E-state index contributed by atoms with van der Waals surface area (Å²) in [5.74, 6) is 0. The smallest absolute Gasteiger partial charge is 0.0991 e. The van der Waals surface area contributed by atoms with Crippen LogP contribution in [0.3, 0.4) is 0 Å². The number of hydrogen-bond donors (Lipinski definition) is 1. The number of rotatable bonds is 5. The molecule has 2 rings (SSSR count). The van der Waals surface area contributed by atoms with Crippen LogP contribution in [0, 0.1) is 18.3 Å². The number of aryl methyl sites for hydroxylation is 1. The Morgan fingerprint density at radius 2 is 2.15 bits per heavy atom. The Kier molecular flexibility index (Phi) is 4.60. The second-order valence-corrected chi connectivity index (χ2v) is 5.27.